The van der Waals surface area contributed by atoms with Gasteiger partial charge in [0.15, 0.2) is 0 Å². The molecule has 0 amide bonds. The Labute approximate surface area is 132 Å². The Morgan fingerprint density at radius 1 is 1.23 bits per heavy atom. The second kappa shape index (κ2) is 5.25. The fourth-order valence-electron chi connectivity index (χ4n) is 4.43. The summed E-state index contributed by atoms with van der Waals surface area (Å²) >= 11 is 0. The van der Waals surface area contributed by atoms with Gasteiger partial charge in [-0.15, -0.1) is 5.10 Å². The van der Waals surface area contributed by atoms with Gasteiger partial charge in [-0.3, -0.25) is 0 Å². The number of aromatic nitrogens is 3. The minimum absolute atomic E-state index is 0.556. The normalized spacial score (nSPS) is 26.4. The first-order valence-corrected chi connectivity index (χ1v) is 8.75. The van der Waals surface area contributed by atoms with E-state index >= 15 is 0 Å². The lowest BCUT2D eigenvalue weighted by molar-refractivity contribution is 0.143. The van der Waals surface area contributed by atoms with Crippen LogP contribution in [-0.4, -0.2) is 33.0 Å². The van der Waals surface area contributed by atoms with Crippen LogP contribution in [0.4, 0.5) is 0 Å². The smallest absolute Gasteiger partial charge is 0.125 e. The topological polar surface area (TPSA) is 34.0 Å². The minimum atomic E-state index is 0.556. The molecule has 1 atom stereocenters. The molecule has 2 fully saturated rings. The molecular weight excluding hydrogens is 272 g/mol. The Morgan fingerprint density at radius 2 is 1.95 bits per heavy atom. The highest BCUT2D eigenvalue weighted by Gasteiger charge is 2.37. The zero-order valence-electron chi connectivity index (χ0n) is 13.6. The Hall–Kier alpha value is -1.58. The van der Waals surface area contributed by atoms with Gasteiger partial charge >= 0.3 is 0 Å². The quantitative estimate of drug-likeness (QED) is 0.837. The van der Waals surface area contributed by atoms with Crippen molar-refractivity contribution >= 4 is 18.0 Å². The number of rotatable bonds is 2. The van der Waals surface area contributed by atoms with E-state index in [1.165, 1.54) is 38.5 Å². The molecule has 3 aliphatic rings. The number of fused-ring (bicyclic) bond motifs is 1. The molecular formula is C18H26N4. The molecule has 1 spiro atoms. The molecule has 2 aliphatic carbocycles. The van der Waals surface area contributed by atoms with Crippen molar-refractivity contribution in [2.45, 2.75) is 51.9 Å². The average molecular weight is 298 g/mol. The third-order valence-electron chi connectivity index (χ3n) is 5.96. The van der Waals surface area contributed by atoms with Gasteiger partial charge in [0.1, 0.15) is 11.2 Å². The zero-order chi connectivity index (χ0) is 15.2. The lowest BCUT2D eigenvalue weighted by atomic mass is 9.77. The van der Waals surface area contributed by atoms with E-state index in [1.54, 1.807) is 0 Å². The van der Waals surface area contributed by atoms with Crippen LogP contribution in [0.25, 0.3) is 18.0 Å². The van der Waals surface area contributed by atoms with Crippen molar-refractivity contribution in [3.63, 3.8) is 0 Å². The van der Waals surface area contributed by atoms with E-state index in [-0.39, 0.29) is 0 Å². The van der Waals surface area contributed by atoms with Crippen molar-refractivity contribution in [3.05, 3.63) is 17.3 Å². The van der Waals surface area contributed by atoms with E-state index in [0.29, 0.717) is 11.3 Å². The summed E-state index contributed by atoms with van der Waals surface area (Å²) in [4.78, 5) is 2.41. The molecule has 0 bridgehead atoms. The summed E-state index contributed by atoms with van der Waals surface area (Å²) in [6, 6.07) is 0. The largest absolute Gasteiger partial charge is 0.357 e. The van der Waals surface area contributed by atoms with E-state index in [4.69, 9.17) is 0 Å². The summed E-state index contributed by atoms with van der Waals surface area (Å²) in [7, 11) is 0. The third-order valence-corrected chi connectivity index (χ3v) is 5.96. The highest BCUT2D eigenvalue weighted by molar-refractivity contribution is 5.43. The summed E-state index contributed by atoms with van der Waals surface area (Å²) in [6.07, 6.45) is 13.9. The van der Waals surface area contributed by atoms with E-state index in [2.05, 4.69) is 40.9 Å². The molecule has 22 heavy (non-hydrogen) atoms. The predicted molar refractivity (Wildman–Crippen MR) is 89.0 cm³/mol. The maximum absolute atomic E-state index is 4.36. The van der Waals surface area contributed by atoms with Gasteiger partial charge in [-0.05, 0) is 43.4 Å². The molecule has 0 N–H and O–H groups in total. The van der Waals surface area contributed by atoms with Crippen molar-refractivity contribution in [1.82, 2.24) is 19.9 Å². The lowest BCUT2D eigenvalue weighted by Gasteiger charge is -2.40. The molecule has 1 saturated heterocycles. The van der Waals surface area contributed by atoms with Gasteiger partial charge in [-0.1, -0.05) is 43.7 Å². The van der Waals surface area contributed by atoms with E-state index in [0.717, 1.165) is 36.0 Å². The second-order valence-electron chi connectivity index (χ2n) is 7.47. The SMILES string of the molecule is C=C(N1CCC2(CCCC2)CC1)n1nnc2c1=CC(C)CC=2. The zero-order valence-corrected chi connectivity index (χ0v) is 13.6. The van der Waals surface area contributed by atoms with Crippen molar-refractivity contribution in [3.8, 4) is 0 Å². The minimum Gasteiger partial charge on any atom is -0.357 e. The fourth-order valence-corrected chi connectivity index (χ4v) is 4.43. The first kappa shape index (κ1) is 14.0. The molecule has 118 valence electrons. The van der Waals surface area contributed by atoms with Crippen LogP contribution in [0.3, 0.4) is 0 Å². The Morgan fingerprint density at radius 3 is 2.68 bits per heavy atom. The van der Waals surface area contributed by atoms with Gasteiger partial charge in [0, 0.05) is 13.1 Å². The van der Waals surface area contributed by atoms with Gasteiger partial charge in [-0.25, -0.2) is 0 Å². The molecule has 0 aromatic carbocycles. The summed E-state index contributed by atoms with van der Waals surface area (Å²) in [5.41, 5.74) is 0.646. The standard InChI is InChI=1S/C18H26N4/c1-14-5-6-16-17(13-14)22(20-19-16)15(2)21-11-9-18(10-12-21)7-3-4-8-18/h6,13-14H,2-5,7-12H2,1H3. The predicted octanol–water partition coefficient (Wildman–Crippen LogP) is 1.96. The average Bonchev–Trinajstić information content (AvgIpc) is 3.14. The first-order chi connectivity index (χ1) is 10.7. The molecule has 2 heterocycles. The van der Waals surface area contributed by atoms with E-state index < -0.39 is 0 Å². The van der Waals surface area contributed by atoms with E-state index in [9.17, 15) is 0 Å². The van der Waals surface area contributed by atoms with Crippen molar-refractivity contribution < 1.29 is 0 Å². The number of nitrogens with zero attached hydrogens (tertiary/aromatic N) is 4. The van der Waals surface area contributed by atoms with Gasteiger partial charge < -0.3 is 4.90 Å². The molecule has 1 unspecified atom stereocenters. The Balaban J connectivity index is 1.54. The van der Waals surface area contributed by atoms with Crippen molar-refractivity contribution in [2.75, 3.05) is 13.1 Å². The molecule has 4 rings (SSSR count). The lowest BCUT2D eigenvalue weighted by Crippen LogP contribution is -2.42. The van der Waals surface area contributed by atoms with Crippen molar-refractivity contribution in [2.24, 2.45) is 11.3 Å². The van der Waals surface area contributed by atoms with Gasteiger partial charge in [0.2, 0.25) is 0 Å². The van der Waals surface area contributed by atoms with Crippen LogP contribution in [0.2, 0.25) is 0 Å². The number of hydrogen-bond donors (Lipinski definition) is 0. The van der Waals surface area contributed by atoms with Crippen LogP contribution in [0, 0.1) is 11.3 Å². The first-order valence-electron chi connectivity index (χ1n) is 8.75. The summed E-state index contributed by atoms with van der Waals surface area (Å²) in [5.74, 6) is 1.56. The fraction of sp³-hybridized carbons (Fsp3) is 0.667. The van der Waals surface area contributed by atoms with Crippen LogP contribution in [-0.2, 0) is 0 Å². The van der Waals surface area contributed by atoms with E-state index in [1.807, 2.05) is 4.68 Å². The Bertz CT molecular complexity index is 683. The number of piperidine rings is 1. The third kappa shape index (κ3) is 2.29. The molecule has 1 aromatic heterocycles. The Kier molecular flexibility index (Phi) is 3.35. The van der Waals surface area contributed by atoms with Gasteiger partial charge in [-0.2, -0.15) is 4.68 Å². The van der Waals surface area contributed by atoms with Crippen LogP contribution in [0.15, 0.2) is 6.58 Å². The maximum Gasteiger partial charge on any atom is 0.125 e. The molecule has 1 aromatic rings. The van der Waals surface area contributed by atoms with Crippen molar-refractivity contribution in [1.29, 1.82) is 0 Å². The molecule has 1 aliphatic heterocycles. The highest BCUT2D eigenvalue weighted by Crippen LogP contribution is 2.46. The maximum atomic E-state index is 4.36. The molecule has 0 radical (unpaired) electrons. The van der Waals surface area contributed by atoms with Gasteiger partial charge in [0.25, 0.3) is 0 Å². The van der Waals surface area contributed by atoms with Crippen LogP contribution in [0.1, 0.15) is 51.9 Å². The molecule has 4 heteroatoms. The monoisotopic (exact) mass is 298 g/mol. The molecule has 4 nitrogen and oxygen atoms in total. The highest BCUT2D eigenvalue weighted by atomic mass is 15.5. The van der Waals surface area contributed by atoms with Gasteiger partial charge in [0.05, 0.1) is 5.35 Å². The summed E-state index contributed by atoms with van der Waals surface area (Å²) < 4.78 is 1.95. The summed E-state index contributed by atoms with van der Waals surface area (Å²) in [6.45, 7) is 8.80. The van der Waals surface area contributed by atoms with Crippen LogP contribution < -0.4 is 10.7 Å². The number of likely N-dealkylation sites (tertiary alicyclic amines) is 1. The molecule has 1 saturated carbocycles. The van der Waals surface area contributed by atoms with Crippen LogP contribution >= 0.6 is 0 Å². The summed E-state index contributed by atoms with van der Waals surface area (Å²) in [5, 5.41) is 10.8. The number of hydrogen-bond acceptors (Lipinski definition) is 3. The second-order valence-corrected chi connectivity index (χ2v) is 7.47. The van der Waals surface area contributed by atoms with Crippen LogP contribution in [0.5, 0.6) is 0 Å².